The molecule has 6 nitrogen and oxygen atoms in total. The van der Waals surface area contributed by atoms with Crippen LogP contribution in [-0.2, 0) is 14.8 Å². The molecule has 1 saturated heterocycles. The van der Waals surface area contributed by atoms with E-state index < -0.39 is 15.9 Å². The zero-order valence-electron chi connectivity index (χ0n) is 16.1. The van der Waals surface area contributed by atoms with Gasteiger partial charge >= 0.3 is 0 Å². The fourth-order valence-electron chi connectivity index (χ4n) is 3.38. The molecule has 1 N–H and O–H groups in total. The molecule has 0 aromatic heterocycles. The number of aryl methyl sites for hydroxylation is 1. The van der Waals surface area contributed by atoms with Gasteiger partial charge in [0.1, 0.15) is 5.75 Å². The summed E-state index contributed by atoms with van der Waals surface area (Å²) in [6, 6.07) is 9.69. The number of nitrogens with zero attached hydrogens (tertiary/aromatic N) is 1. The van der Waals surface area contributed by atoms with Gasteiger partial charge in [0.05, 0.1) is 33.7 Å². The third-order valence-corrected chi connectivity index (χ3v) is 7.46. The number of ether oxygens (including phenoxy) is 1. The Hall–Kier alpha value is -1.80. The Bertz CT molecular complexity index is 1010. The molecule has 1 atom stereocenters. The van der Waals surface area contributed by atoms with Crippen molar-refractivity contribution >= 4 is 44.8 Å². The lowest BCUT2D eigenvalue weighted by molar-refractivity contribution is -0.120. The number of hydrogen-bond acceptors (Lipinski definition) is 4. The fourth-order valence-corrected chi connectivity index (χ4v) is 5.48. The van der Waals surface area contributed by atoms with Crippen LogP contribution >= 0.6 is 23.2 Å². The van der Waals surface area contributed by atoms with E-state index in [2.05, 4.69) is 5.32 Å². The molecule has 0 saturated carbocycles. The third kappa shape index (κ3) is 4.69. The van der Waals surface area contributed by atoms with Gasteiger partial charge in [0.25, 0.3) is 0 Å². The first-order valence-corrected chi connectivity index (χ1v) is 11.3. The molecule has 156 valence electrons. The van der Waals surface area contributed by atoms with Gasteiger partial charge < -0.3 is 10.1 Å². The van der Waals surface area contributed by atoms with Crippen LogP contribution in [0.15, 0.2) is 41.3 Å². The van der Waals surface area contributed by atoms with Gasteiger partial charge in [-0.2, -0.15) is 4.31 Å². The van der Waals surface area contributed by atoms with Crippen LogP contribution in [0.3, 0.4) is 0 Å². The first-order chi connectivity index (χ1) is 13.7. The van der Waals surface area contributed by atoms with Crippen LogP contribution in [0.25, 0.3) is 0 Å². The largest absolute Gasteiger partial charge is 0.496 e. The summed E-state index contributed by atoms with van der Waals surface area (Å²) in [5, 5.41) is 3.41. The smallest absolute Gasteiger partial charge is 0.243 e. The molecule has 0 bridgehead atoms. The Kier molecular flexibility index (Phi) is 6.73. The van der Waals surface area contributed by atoms with Gasteiger partial charge in [0.15, 0.2) is 0 Å². The van der Waals surface area contributed by atoms with Gasteiger partial charge in [0.2, 0.25) is 15.9 Å². The number of halogens is 2. The van der Waals surface area contributed by atoms with Gasteiger partial charge in [-0.25, -0.2) is 8.42 Å². The van der Waals surface area contributed by atoms with E-state index in [-0.39, 0.29) is 17.3 Å². The lowest BCUT2D eigenvalue weighted by Crippen LogP contribution is -2.43. The summed E-state index contributed by atoms with van der Waals surface area (Å²) >= 11 is 12.2. The summed E-state index contributed by atoms with van der Waals surface area (Å²) < 4.78 is 32.7. The highest BCUT2D eigenvalue weighted by Gasteiger charge is 2.34. The quantitative estimate of drug-likeness (QED) is 0.725. The van der Waals surface area contributed by atoms with Crippen LogP contribution in [0.1, 0.15) is 18.4 Å². The molecule has 2 aromatic carbocycles. The Morgan fingerprint density at radius 1 is 1.21 bits per heavy atom. The number of carbonyl (C=O) groups is 1. The minimum atomic E-state index is -3.72. The summed E-state index contributed by atoms with van der Waals surface area (Å²) in [5.74, 6) is -0.174. The number of amides is 1. The van der Waals surface area contributed by atoms with E-state index in [0.29, 0.717) is 40.9 Å². The van der Waals surface area contributed by atoms with E-state index in [1.54, 1.807) is 37.3 Å². The van der Waals surface area contributed by atoms with Crippen LogP contribution in [0.2, 0.25) is 10.0 Å². The maximum atomic E-state index is 13.1. The average molecular weight is 457 g/mol. The summed E-state index contributed by atoms with van der Waals surface area (Å²) in [5.41, 5.74) is 1.07. The number of sulfonamides is 1. The number of carbonyl (C=O) groups excluding carboxylic acids is 1. The summed E-state index contributed by atoms with van der Waals surface area (Å²) in [7, 11) is -2.18. The Labute approximate surface area is 180 Å². The molecule has 0 radical (unpaired) electrons. The van der Waals surface area contributed by atoms with Gasteiger partial charge in [-0.05, 0) is 55.7 Å². The van der Waals surface area contributed by atoms with E-state index in [0.717, 1.165) is 5.56 Å². The van der Waals surface area contributed by atoms with Crippen molar-refractivity contribution in [2.45, 2.75) is 24.7 Å². The van der Waals surface area contributed by atoms with Gasteiger partial charge in [-0.3, -0.25) is 4.79 Å². The average Bonchev–Trinajstić information content (AvgIpc) is 2.70. The highest BCUT2D eigenvalue weighted by molar-refractivity contribution is 7.89. The molecule has 3 rings (SSSR count). The molecule has 1 fully saturated rings. The highest BCUT2D eigenvalue weighted by atomic mass is 35.5. The van der Waals surface area contributed by atoms with Crippen molar-refractivity contribution in [3.63, 3.8) is 0 Å². The molecular formula is C20H22Cl2N2O4S. The SMILES string of the molecule is COc1ccc(S(=O)(=O)N2CCC[C@H](C(=O)Nc3c(Cl)cccc3Cl)C2)cc1C. The number of benzene rings is 2. The normalized spacial score (nSPS) is 17.7. The second-order valence-corrected chi connectivity index (χ2v) is 9.67. The highest BCUT2D eigenvalue weighted by Crippen LogP contribution is 2.32. The number of rotatable bonds is 5. The van der Waals surface area contributed by atoms with Crippen LogP contribution < -0.4 is 10.1 Å². The number of hydrogen-bond donors (Lipinski definition) is 1. The molecule has 29 heavy (non-hydrogen) atoms. The van der Waals surface area contributed by atoms with E-state index >= 15 is 0 Å². The van der Waals surface area contributed by atoms with Crippen LogP contribution in [0, 0.1) is 12.8 Å². The molecule has 9 heteroatoms. The van der Waals surface area contributed by atoms with Crippen LogP contribution in [0.4, 0.5) is 5.69 Å². The predicted octanol–water partition coefficient (Wildman–Crippen LogP) is 4.35. The Morgan fingerprint density at radius 3 is 2.52 bits per heavy atom. The lowest BCUT2D eigenvalue weighted by atomic mass is 9.98. The second kappa shape index (κ2) is 8.92. The van der Waals surface area contributed by atoms with Crippen molar-refractivity contribution in [1.29, 1.82) is 0 Å². The number of nitrogens with one attached hydrogen (secondary N) is 1. The molecular weight excluding hydrogens is 435 g/mol. The molecule has 0 aliphatic carbocycles. The lowest BCUT2D eigenvalue weighted by Gasteiger charge is -2.31. The molecule has 2 aromatic rings. The predicted molar refractivity (Wildman–Crippen MR) is 114 cm³/mol. The Balaban J connectivity index is 1.77. The van der Waals surface area contributed by atoms with Crippen molar-refractivity contribution in [2.75, 3.05) is 25.5 Å². The summed E-state index contributed by atoms with van der Waals surface area (Å²) in [6.07, 6.45) is 1.17. The van der Waals surface area contributed by atoms with Crippen LogP contribution in [0.5, 0.6) is 5.75 Å². The van der Waals surface area contributed by atoms with Crippen molar-refractivity contribution in [2.24, 2.45) is 5.92 Å². The third-order valence-electron chi connectivity index (χ3n) is 4.97. The summed E-state index contributed by atoms with van der Waals surface area (Å²) in [4.78, 5) is 12.9. The van der Waals surface area contributed by atoms with Gasteiger partial charge in [0, 0.05) is 13.1 Å². The van der Waals surface area contributed by atoms with E-state index in [9.17, 15) is 13.2 Å². The molecule has 1 amide bonds. The summed E-state index contributed by atoms with van der Waals surface area (Å²) in [6.45, 7) is 2.25. The van der Waals surface area contributed by atoms with Crippen molar-refractivity contribution in [3.8, 4) is 5.75 Å². The fraction of sp³-hybridized carbons (Fsp3) is 0.350. The van der Waals surface area contributed by atoms with E-state index in [4.69, 9.17) is 27.9 Å². The number of piperidine rings is 1. The molecule has 1 heterocycles. The zero-order chi connectivity index (χ0) is 21.2. The number of anilines is 1. The van der Waals surface area contributed by atoms with Gasteiger partial charge in [-0.1, -0.05) is 29.3 Å². The van der Waals surface area contributed by atoms with Gasteiger partial charge in [-0.15, -0.1) is 0 Å². The standard InChI is InChI=1S/C20H22Cl2N2O4S/c1-13-11-15(8-9-18(13)28-2)29(26,27)24-10-4-5-14(12-24)20(25)23-19-16(21)6-3-7-17(19)22/h3,6-9,11,14H,4-5,10,12H2,1-2H3,(H,23,25)/t14-/m0/s1. The molecule has 0 unspecified atom stereocenters. The second-order valence-electron chi connectivity index (χ2n) is 6.92. The topological polar surface area (TPSA) is 75.7 Å². The minimum Gasteiger partial charge on any atom is -0.496 e. The maximum absolute atomic E-state index is 13.1. The number of para-hydroxylation sites is 1. The first kappa shape index (κ1) is 21.9. The van der Waals surface area contributed by atoms with Crippen molar-refractivity contribution in [3.05, 3.63) is 52.0 Å². The minimum absolute atomic E-state index is 0.0985. The van der Waals surface area contributed by atoms with E-state index in [1.165, 1.54) is 17.5 Å². The maximum Gasteiger partial charge on any atom is 0.243 e. The number of methoxy groups -OCH3 is 1. The van der Waals surface area contributed by atoms with Crippen LogP contribution in [-0.4, -0.2) is 38.8 Å². The monoisotopic (exact) mass is 456 g/mol. The zero-order valence-corrected chi connectivity index (χ0v) is 18.4. The molecule has 0 spiro atoms. The molecule has 1 aliphatic heterocycles. The first-order valence-electron chi connectivity index (χ1n) is 9.13. The van der Waals surface area contributed by atoms with Crippen molar-refractivity contribution in [1.82, 2.24) is 4.31 Å². The van der Waals surface area contributed by atoms with E-state index in [1.807, 2.05) is 0 Å². The Morgan fingerprint density at radius 2 is 1.90 bits per heavy atom. The van der Waals surface area contributed by atoms with Crippen molar-refractivity contribution < 1.29 is 17.9 Å². The molecule has 1 aliphatic rings.